The maximum Gasteiger partial charge on any atom is 0.336 e. The molecule has 42 heavy (non-hydrogen) atoms. The molecule has 0 aromatic carbocycles. The largest absolute Gasteiger partial charge is 0.396 e. The molecule has 0 aliphatic heterocycles. The van der Waals surface area contributed by atoms with Gasteiger partial charge in [-0.1, -0.05) is 38.5 Å². The van der Waals surface area contributed by atoms with Crippen molar-refractivity contribution in [2.24, 2.45) is 20.7 Å². The zero-order valence-corrected chi connectivity index (χ0v) is 24.7. The van der Waals surface area contributed by atoms with E-state index in [0.717, 1.165) is 84.3 Å². The van der Waals surface area contributed by atoms with E-state index in [1.807, 2.05) is 0 Å². The van der Waals surface area contributed by atoms with Crippen molar-refractivity contribution >= 4 is 18.2 Å². The first-order valence-electron chi connectivity index (χ1n) is 14.9. The molecule has 1 heterocycles. The highest BCUT2D eigenvalue weighted by Crippen LogP contribution is 2.03. The van der Waals surface area contributed by atoms with Gasteiger partial charge in [0.2, 0.25) is 18.2 Å². The number of rotatable bonds is 24. The smallest absolute Gasteiger partial charge is 0.336 e. The van der Waals surface area contributed by atoms with E-state index in [0.29, 0.717) is 45.4 Å². The van der Waals surface area contributed by atoms with E-state index in [-0.39, 0.29) is 26.2 Å². The predicted octanol–water partition coefficient (Wildman–Crippen LogP) is 1.58. The minimum absolute atomic E-state index is 0.211. The Morgan fingerprint density at radius 3 is 1.05 bits per heavy atom. The molecular weight excluding hydrogens is 546 g/mol. The van der Waals surface area contributed by atoms with E-state index >= 15 is 0 Å². The minimum atomic E-state index is -0.593. The molecule has 1 aromatic heterocycles. The lowest BCUT2D eigenvalue weighted by Crippen LogP contribution is -2.54. The van der Waals surface area contributed by atoms with Crippen LogP contribution in [0.15, 0.2) is 29.4 Å². The number of nitrogens with two attached hydrogens (primary N) is 1. The molecule has 0 aliphatic carbocycles. The summed E-state index contributed by atoms with van der Waals surface area (Å²) in [6, 6.07) is 0. The van der Waals surface area contributed by atoms with Gasteiger partial charge >= 0.3 is 17.1 Å². The molecule has 0 amide bonds. The molecule has 0 saturated carbocycles. The number of hydrogen-bond acceptors (Lipinski definition) is 11. The highest BCUT2D eigenvalue weighted by molar-refractivity contribution is 5.33. The lowest BCUT2D eigenvalue weighted by Gasteiger charge is -2.14. The summed E-state index contributed by atoms with van der Waals surface area (Å²) in [6.07, 6.45) is 14.9. The zero-order valence-electron chi connectivity index (χ0n) is 24.7. The fourth-order valence-corrected chi connectivity index (χ4v) is 4.09. The molecule has 0 saturated heterocycles. The van der Waals surface area contributed by atoms with Gasteiger partial charge < -0.3 is 10.8 Å². The average Bonchev–Trinajstić information content (AvgIpc) is 2.99. The van der Waals surface area contributed by atoms with Crippen LogP contribution in [0.25, 0.3) is 0 Å². The number of isocyanates is 3. The number of carbonyl (C=O) groups excluding carboxylic acids is 3. The molecule has 3 N–H and O–H groups in total. The first-order chi connectivity index (χ1) is 20.5. The van der Waals surface area contributed by atoms with Crippen LogP contribution in [0.4, 0.5) is 0 Å². The zero-order chi connectivity index (χ0) is 31.3. The normalized spacial score (nSPS) is 10.1. The predicted molar refractivity (Wildman–Crippen MR) is 159 cm³/mol. The van der Waals surface area contributed by atoms with Gasteiger partial charge in [0.1, 0.15) is 0 Å². The van der Waals surface area contributed by atoms with E-state index in [1.165, 1.54) is 18.2 Å². The Morgan fingerprint density at radius 2 is 0.810 bits per heavy atom. The summed E-state index contributed by atoms with van der Waals surface area (Å²) < 4.78 is 3.42. The number of nitrogens with zero attached hydrogens (tertiary/aromatic N) is 6. The third-order valence-corrected chi connectivity index (χ3v) is 6.40. The molecule has 0 atom stereocenters. The van der Waals surface area contributed by atoms with Gasteiger partial charge in [0.15, 0.2) is 0 Å². The third kappa shape index (κ3) is 18.0. The summed E-state index contributed by atoms with van der Waals surface area (Å²) in [5, 5.41) is 8.14. The van der Waals surface area contributed by atoms with Crippen LogP contribution in [-0.2, 0) is 34.0 Å². The first kappa shape index (κ1) is 38.5. The lowest BCUT2D eigenvalue weighted by molar-refractivity contribution is 0.285. The fourth-order valence-electron chi connectivity index (χ4n) is 4.09. The van der Waals surface area contributed by atoms with E-state index in [9.17, 15) is 28.8 Å². The van der Waals surface area contributed by atoms with Crippen molar-refractivity contribution in [3.63, 3.8) is 0 Å². The second-order valence-electron chi connectivity index (χ2n) is 9.68. The molecule has 0 fully saturated rings. The molecule has 0 aliphatic rings. The fraction of sp³-hybridized carbons (Fsp3) is 0.786. The summed E-state index contributed by atoms with van der Waals surface area (Å²) in [5.74, 6) is 0. The Bertz CT molecular complexity index is 1000. The van der Waals surface area contributed by atoms with Crippen LogP contribution in [0.3, 0.4) is 0 Å². The van der Waals surface area contributed by atoms with E-state index in [1.54, 1.807) is 0 Å². The monoisotopic (exact) mass is 593 g/mol. The SMILES string of the molecule is NCCCCO.O=C=NCCCCCCn1c(=O)n(CCCCCCN=C=O)c(=O)n(CCCCCCN=C=O)c1=O. The van der Waals surface area contributed by atoms with E-state index in [2.05, 4.69) is 15.0 Å². The van der Waals surface area contributed by atoms with Crippen LogP contribution in [0, 0.1) is 0 Å². The van der Waals surface area contributed by atoms with Gasteiger partial charge in [-0.3, -0.25) is 0 Å². The Labute approximate surface area is 246 Å². The molecule has 14 nitrogen and oxygen atoms in total. The van der Waals surface area contributed by atoms with Crippen LogP contribution in [0.1, 0.15) is 89.9 Å². The summed E-state index contributed by atoms with van der Waals surface area (Å²) in [5.41, 5.74) is 3.32. The second-order valence-corrected chi connectivity index (χ2v) is 9.68. The molecule has 0 unspecified atom stereocenters. The van der Waals surface area contributed by atoms with Gasteiger partial charge in [-0.05, 0) is 57.9 Å². The standard InChI is InChI=1S/C24H36N6O6.C4H11NO/c31-19-25-13-7-1-4-10-16-28-22(34)29(17-11-5-2-8-14-26-20-32)24(36)30(23(28)35)18-12-6-3-9-15-27-21-33;5-3-1-2-4-6/h1-18H2;6H,1-5H2. The van der Waals surface area contributed by atoms with E-state index in [4.69, 9.17) is 10.8 Å². The molecular formula is C28H47N7O7. The van der Waals surface area contributed by atoms with Gasteiger partial charge in [0.05, 0.1) is 19.6 Å². The number of aliphatic imine (C=N–C) groups is 3. The van der Waals surface area contributed by atoms with Crippen molar-refractivity contribution in [3.8, 4) is 0 Å². The molecule has 1 aromatic rings. The summed E-state index contributed by atoms with van der Waals surface area (Å²) >= 11 is 0. The Morgan fingerprint density at radius 1 is 0.500 bits per heavy atom. The highest BCUT2D eigenvalue weighted by atomic mass is 16.3. The lowest BCUT2D eigenvalue weighted by atomic mass is 10.2. The minimum Gasteiger partial charge on any atom is -0.396 e. The van der Waals surface area contributed by atoms with Gasteiger partial charge in [-0.15, -0.1) is 0 Å². The molecule has 236 valence electrons. The van der Waals surface area contributed by atoms with Gasteiger partial charge in [-0.2, -0.15) is 0 Å². The molecule has 0 radical (unpaired) electrons. The molecule has 14 heteroatoms. The number of aliphatic hydroxyl groups is 1. The molecule has 0 spiro atoms. The maximum absolute atomic E-state index is 13.0. The first-order valence-corrected chi connectivity index (χ1v) is 14.9. The van der Waals surface area contributed by atoms with Gasteiger partial charge in [-0.25, -0.2) is 57.4 Å². The third-order valence-electron chi connectivity index (χ3n) is 6.40. The van der Waals surface area contributed by atoms with Crippen molar-refractivity contribution in [1.82, 2.24) is 13.7 Å². The molecule has 1 rings (SSSR count). The summed E-state index contributed by atoms with van der Waals surface area (Å²) in [6.45, 7) is 2.82. The van der Waals surface area contributed by atoms with Crippen LogP contribution in [-0.4, -0.2) is 69.8 Å². The topological polar surface area (TPSA) is 201 Å². The van der Waals surface area contributed by atoms with Crippen LogP contribution >= 0.6 is 0 Å². The molecule has 0 bridgehead atoms. The summed E-state index contributed by atoms with van der Waals surface area (Å²) in [7, 11) is 0. The quantitative estimate of drug-likeness (QED) is 0.102. The number of aromatic nitrogens is 3. The second kappa shape index (κ2) is 27.6. The van der Waals surface area contributed by atoms with E-state index < -0.39 is 17.1 Å². The average molecular weight is 594 g/mol. The summed E-state index contributed by atoms with van der Waals surface area (Å²) in [4.78, 5) is 79.9. The van der Waals surface area contributed by atoms with Crippen LogP contribution < -0.4 is 22.8 Å². The Kier molecular flexibility index (Phi) is 25.3. The number of unbranched alkanes of at least 4 members (excludes halogenated alkanes) is 10. The maximum atomic E-state index is 13.0. The Hall–Kier alpha value is -3.53. The number of hydrogen-bond donors (Lipinski definition) is 2. The van der Waals surface area contributed by atoms with Crippen molar-refractivity contribution in [3.05, 3.63) is 31.5 Å². The number of aliphatic hydroxyl groups excluding tert-OH is 1. The van der Waals surface area contributed by atoms with Crippen molar-refractivity contribution in [1.29, 1.82) is 0 Å². The van der Waals surface area contributed by atoms with Crippen molar-refractivity contribution in [2.45, 2.75) is 110 Å². The van der Waals surface area contributed by atoms with Gasteiger partial charge in [0.25, 0.3) is 0 Å². The van der Waals surface area contributed by atoms with Crippen molar-refractivity contribution < 1.29 is 19.5 Å². The van der Waals surface area contributed by atoms with Crippen molar-refractivity contribution in [2.75, 3.05) is 32.8 Å². The van der Waals surface area contributed by atoms with Gasteiger partial charge in [0, 0.05) is 26.2 Å². The highest BCUT2D eigenvalue weighted by Gasteiger charge is 2.15. The van der Waals surface area contributed by atoms with Crippen LogP contribution in [0.5, 0.6) is 0 Å². The Balaban J connectivity index is 0.00000252. The van der Waals surface area contributed by atoms with Crippen LogP contribution in [0.2, 0.25) is 0 Å².